The largest absolute Gasteiger partial charge is 0.513 e. The first-order valence-electron chi connectivity index (χ1n) is 4.14. The maximum Gasteiger partial charge on any atom is 0.171 e. The van der Waals surface area contributed by atoms with Crippen LogP contribution in [0.2, 0.25) is 0 Å². The molecule has 0 radical (unpaired) electrons. The number of hydrogen-bond acceptors (Lipinski definition) is 3. The van der Waals surface area contributed by atoms with Crippen LogP contribution >= 0.6 is 0 Å². The molecule has 0 bridgehead atoms. The Bertz CT molecular complexity index is 435. The Morgan fingerprint density at radius 3 is 2.93 bits per heavy atom. The number of anilines is 1. The summed E-state index contributed by atoms with van der Waals surface area (Å²) in [4.78, 5) is 3.88. The lowest BCUT2D eigenvalue weighted by Gasteiger charge is -2.06. The number of nitrogens with one attached hydrogen (secondary N) is 2. The predicted octanol–water partition coefficient (Wildman–Crippen LogP) is 1.91. The molecule has 1 aromatic carbocycles. The molecule has 14 heavy (non-hydrogen) atoms. The molecule has 1 aliphatic heterocycles. The fourth-order valence-electron chi connectivity index (χ4n) is 1.22. The molecule has 0 fully saturated rings. The third kappa shape index (κ3) is 1.37. The molecule has 0 aliphatic carbocycles. The highest BCUT2D eigenvalue weighted by Crippen LogP contribution is 2.18. The molecule has 0 saturated carbocycles. The number of amidine groups is 1. The lowest BCUT2D eigenvalue weighted by Crippen LogP contribution is -2.06. The Morgan fingerprint density at radius 1 is 1.36 bits per heavy atom. The summed E-state index contributed by atoms with van der Waals surface area (Å²) in [6, 6.07) is 7.52. The van der Waals surface area contributed by atoms with Crippen molar-refractivity contribution >= 4 is 17.7 Å². The summed E-state index contributed by atoms with van der Waals surface area (Å²) in [5.74, 6) is 0.0173. The summed E-state index contributed by atoms with van der Waals surface area (Å²) in [5.41, 5.74) is 2.03. The number of benzodiazepines with no additional fused rings is 1. The number of para-hydroxylation sites is 1. The molecule has 0 aromatic heterocycles. The first-order chi connectivity index (χ1) is 6.81. The molecule has 0 atom stereocenters. The van der Waals surface area contributed by atoms with Gasteiger partial charge in [-0.2, -0.15) is 0 Å². The summed E-state index contributed by atoms with van der Waals surface area (Å²) >= 11 is 0. The van der Waals surface area contributed by atoms with Gasteiger partial charge in [-0.15, -0.1) is 0 Å². The molecule has 70 valence electrons. The van der Waals surface area contributed by atoms with E-state index in [9.17, 15) is 0 Å². The van der Waals surface area contributed by atoms with Crippen LogP contribution in [0.3, 0.4) is 0 Å². The summed E-state index contributed by atoms with van der Waals surface area (Å²) < 4.78 is 0. The zero-order chi connectivity index (χ0) is 9.97. The highest BCUT2D eigenvalue weighted by Gasteiger charge is 2.10. The molecular formula is C10H9N3O. The van der Waals surface area contributed by atoms with Gasteiger partial charge in [-0.3, -0.25) is 5.41 Å². The molecule has 4 heteroatoms. The Labute approximate surface area is 81.1 Å². The molecule has 4 nitrogen and oxygen atoms in total. The molecule has 1 heterocycles. The number of rotatable bonds is 0. The van der Waals surface area contributed by atoms with Crippen molar-refractivity contribution in [2.24, 2.45) is 4.99 Å². The van der Waals surface area contributed by atoms with Crippen molar-refractivity contribution in [3.8, 4) is 0 Å². The van der Waals surface area contributed by atoms with Gasteiger partial charge in [0, 0.05) is 17.5 Å². The number of nitrogens with zero attached hydrogens (tertiary/aromatic N) is 1. The van der Waals surface area contributed by atoms with Gasteiger partial charge in [0.2, 0.25) is 0 Å². The van der Waals surface area contributed by atoms with E-state index in [2.05, 4.69) is 10.3 Å². The van der Waals surface area contributed by atoms with E-state index in [4.69, 9.17) is 10.5 Å². The van der Waals surface area contributed by atoms with Gasteiger partial charge < -0.3 is 10.4 Å². The second-order valence-corrected chi connectivity index (χ2v) is 2.86. The summed E-state index contributed by atoms with van der Waals surface area (Å²) in [5, 5.41) is 19.3. The van der Waals surface area contributed by atoms with Crippen LogP contribution in [0.1, 0.15) is 5.56 Å². The quantitative estimate of drug-likeness (QED) is 0.543. The second-order valence-electron chi connectivity index (χ2n) is 2.86. The minimum Gasteiger partial charge on any atom is -0.513 e. The summed E-state index contributed by atoms with van der Waals surface area (Å²) in [7, 11) is 0. The first-order valence-corrected chi connectivity index (χ1v) is 4.14. The molecule has 2 rings (SSSR count). The zero-order valence-corrected chi connectivity index (χ0v) is 7.36. The number of aliphatic hydroxyl groups is 1. The van der Waals surface area contributed by atoms with E-state index < -0.39 is 0 Å². The third-order valence-electron chi connectivity index (χ3n) is 1.95. The van der Waals surface area contributed by atoms with Gasteiger partial charge in [0.1, 0.15) is 12.0 Å². The maximum atomic E-state index is 8.87. The van der Waals surface area contributed by atoms with Crippen LogP contribution in [0.4, 0.5) is 5.69 Å². The lowest BCUT2D eigenvalue weighted by atomic mass is 10.2. The third-order valence-corrected chi connectivity index (χ3v) is 1.95. The highest BCUT2D eigenvalue weighted by atomic mass is 16.2. The summed E-state index contributed by atoms with van der Waals surface area (Å²) in [6.07, 6.45) is 2.45. The van der Waals surface area contributed by atoms with E-state index in [0.29, 0.717) is 5.70 Å². The van der Waals surface area contributed by atoms with Gasteiger partial charge >= 0.3 is 0 Å². The van der Waals surface area contributed by atoms with E-state index >= 15 is 0 Å². The lowest BCUT2D eigenvalue weighted by molar-refractivity contribution is 0.470. The minimum absolute atomic E-state index is 0.0173. The van der Waals surface area contributed by atoms with Gasteiger partial charge in [-0.25, -0.2) is 4.99 Å². The Morgan fingerprint density at radius 2 is 2.14 bits per heavy atom. The normalized spacial score (nSPS) is 17.4. The van der Waals surface area contributed by atoms with Crippen molar-refractivity contribution in [2.45, 2.75) is 0 Å². The van der Waals surface area contributed by atoms with Crippen molar-refractivity contribution in [2.75, 3.05) is 5.32 Å². The molecule has 0 unspecified atom stereocenters. The molecule has 0 saturated heterocycles. The Kier molecular flexibility index (Phi) is 2.02. The first kappa shape index (κ1) is 8.50. The van der Waals surface area contributed by atoms with Crippen LogP contribution in [0.15, 0.2) is 41.2 Å². The topological polar surface area (TPSA) is 68.5 Å². The molecule has 0 spiro atoms. The van der Waals surface area contributed by atoms with E-state index in [0.717, 1.165) is 17.5 Å². The van der Waals surface area contributed by atoms with E-state index in [1.165, 1.54) is 0 Å². The van der Waals surface area contributed by atoms with E-state index in [-0.39, 0.29) is 5.84 Å². The molecule has 3 N–H and O–H groups in total. The maximum absolute atomic E-state index is 8.87. The SMILES string of the molecule is N=C1N=Cc2ccccc2NC1=CO. The average molecular weight is 187 g/mol. The fraction of sp³-hybridized carbons (Fsp3) is 0. The Balaban J connectivity index is 2.51. The second kappa shape index (κ2) is 3.33. The van der Waals surface area contributed by atoms with Crippen molar-refractivity contribution in [3.63, 3.8) is 0 Å². The van der Waals surface area contributed by atoms with Crippen molar-refractivity contribution in [1.29, 1.82) is 5.41 Å². The fourth-order valence-corrected chi connectivity index (χ4v) is 1.22. The van der Waals surface area contributed by atoms with Crippen molar-refractivity contribution < 1.29 is 5.11 Å². The molecule has 1 aliphatic rings. The van der Waals surface area contributed by atoms with Crippen LogP contribution in [0.25, 0.3) is 0 Å². The van der Waals surface area contributed by atoms with Crippen LogP contribution in [0, 0.1) is 5.41 Å². The number of fused-ring (bicyclic) bond motifs is 1. The molecule has 1 aromatic rings. The van der Waals surface area contributed by atoms with Crippen molar-refractivity contribution in [3.05, 3.63) is 41.8 Å². The monoisotopic (exact) mass is 187 g/mol. The molecule has 0 amide bonds. The van der Waals surface area contributed by atoms with Crippen LogP contribution < -0.4 is 5.32 Å². The highest BCUT2D eigenvalue weighted by molar-refractivity contribution is 6.08. The minimum atomic E-state index is 0.0173. The van der Waals surface area contributed by atoms with Gasteiger partial charge in [0.05, 0.1) is 0 Å². The smallest absolute Gasteiger partial charge is 0.171 e. The van der Waals surface area contributed by atoms with Crippen LogP contribution in [0.5, 0.6) is 0 Å². The predicted molar refractivity (Wildman–Crippen MR) is 56.1 cm³/mol. The standard InChI is InChI=1S/C10H9N3O/c11-10-9(6-14)13-8-4-2-1-3-7(8)5-12-10/h1-6,11,13-14H. The zero-order valence-electron chi connectivity index (χ0n) is 7.36. The number of aliphatic hydroxyl groups excluding tert-OH is 1. The van der Waals surface area contributed by atoms with Crippen LogP contribution in [-0.2, 0) is 0 Å². The number of benzene rings is 1. The number of hydrogen-bond donors (Lipinski definition) is 3. The number of aliphatic imine (C=N–C) groups is 1. The van der Waals surface area contributed by atoms with Gasteiger partial charge in [-0.1, -0.05) is 18.2 Å². The van der Waals surface area contributed by atoms with E-state index in [1.807, 2.05) is 24.3 Å². The van der Waals surface area contributed by atoms with Crippen molar-refractivity contribution in [1.82, 2.24) is 0 Å². The molecular weight excluding hydrogens is 178 g/mol. The van der Waals surface area contributed by atoms with Gasteiger partial charge in [0.15, 0.2) is 5.84 Å². The van der Waals surface area contributed by atoms with Crippen LogP contribution in [-0.4, -0.2) is 17.2 Å². The van der Waals surface area contributed by atoms with E-state index in [1.54, 1.807) is 6.21 Å². The Hall–Kier alpha value is -2.10. The summed E-state index contributed by atoms with van der Waals surface area (Å²) in [6.45, 7) is 0. The van der Waals surface area contributed by atoms with Gasteiger partial charge in [0.25, 0.3) is 0 Å². The average Bonchev–Trinajstić information content (AvgIpc) is 2.38. The van der Waals surface area contributed by atoms with Gasteiger partial charge in [-0.05, 0) is 6.07 Å².